The number of nitrogens with zero attached hydrogens (tertiary/aromatic N) is 4. The molecule has 0 unspecified atom stereocenters. The maximum absolute atomic E-state index is 14.8. The number of carbonyl (C=O) groups excluding carboxylic acids is 5. The SMILES string of the molecule is Cc1nc(-c2ccc(OC3CCCC3)cc2)nc(C)c1C(=O)N[C@@H](CCN)C(=O)N(C)[C@@H]1C(=O)N[C@@H](C)C(=O)N[C@H](C(=O)NCC#N)Cc2ccc(OCCN)c(c2)-c2cc1ccc2OCCN. The number of ether oxygens (including phenoxy) is 3. The van der Waals surface area contributed by atoms with Gasteiger partial charge in [0.05, 0.1) is 29.1 Å². The van der Waals surface area contributed by atoms with Gasteiger partial charge in [-0.2, -0.15) is 5.26 Å². The predicted molar refractivity (Wildman–Crippen MR) is 253 cm³/mol. The number of hydrogen-bond acceptors (Lipinski definition) is 14. The maximum Gasteiger partial charge on any atom is 0.255 e. The van der Waals surface area contributed by atoms with E-state index in [1.165, 1.54) is 18.9 Å². The molecule has 19 nitrogen and oxygen atoms in total. The van der Waals surface area contributed by atoms with Crippen molar-refractivity contribution in [3.63, 3.8) is 0 Å². The highest BCUT2D eigenvalue weighted by molar-refractivity contribution is 6.00. The average Bonchev–Trinajstić information content (AvgIpc) is 3.84. The van der Waals surface area contributed by atoms with Crippen molar-refractivity contribution >= 4 is 29.5 Å². The van der Waals surface area contributed by atoms with E-state index < -0.39 is 53.7 Å². The van der Waals surface area contributed by atoms with E-state index in [4.69, 9.17) is 31.4 Å². The first-order chi connectivity index (χ1) is 32.8. The van der Waals surface area contributed by atoms with Gasteiger partial charge in [0.2, 0.25) is 23.6 Å². The van der Waals surface area contributed by atoms with Crippen LogP contribution in [0.1, 0.15) is 77.9 Å². The highest BCUT2D eigenvalue weighted by Crippen LogP contribution is 2.40. The van der Waals surface area contributed by atoms with Crippen LogP contribution in [-0.2, 0) is 25.6 Å². The summed E-state index contributed by atoms with van der Waals surface area (Å²) in [6.07, 6.45) is 4.60. The summed E-state index contributed by atoms with van der Waals surface area (Å²) in [4.78, 5) is 81.1. The molecule has 0 radical (unpaired) electrons. The lowest BCUT2D eigenvalue weighted by Gasteiger charge is -2.32. The van der Waals surface area contributed by atoms with Crippen LogP contribution in [0.2, 0.25) is 0 Å². The molecule has 0 saturated heterocycles. The second-order valence-electron chi connectivity index (χ2n) is 16.8. The number of rotatable bonds is 17. The number of amides is 5. The van der Waals surface area contributed by atoms with E-state index >= 15 is 0 Å². The number of nitriles is 1. The molecule has 1 aromatic heterocycles. The molecule has 1 saturated carbocycles. The molecular weight excluding hydrogens is 871 g/mol. The number of aromatic nitrogens is 2. The van der Waals surface area contributed by atoms with Crippen LogP contribution in [0.25, 0.3) is 22.5 Å². The smallest absolute Gasteiger partial charge is 0.255 e. The van der Waals surface area contributed by atoms with E-state index in [9.17, 15) is 29.2 Å². The third-order valence-electron chi connectivity index (χ3n) is 11.8. The second kappa shape index (κ2) is 23.5. The van der Waals surface area contributed by atoms with Gasteiger partial charge in [-0.1, -0.05) is 12.1 Å². The Balaban J connectivity index is 1.35. The number of carbonyl (C=O) groups is 5. The van der Waals surface area contributed by atoms with Crippen LogP contribution in [0.5, 0.6) is 17.2 Å². The van der Waals surface area contributed by atoms with E-state index in [1.807, 2.05) is 30.3 Å². The number of aryl methyl sites for hydroxylation is 2. The third kappa shape index (κ3) is 12.2. The molecule has 4 bridgehead atoms. The van der Waals surface area contributed by atoms with Gasteiger partial charge in [-0.05, 0) is 119 Å². The Bertz CT molecular complexity index is 2480. The Morgan fingerprint density at radius 3 is 2.12 bits per heavy atom. The van der Waals surface area contributed by atoms with Crippen LogP contribution in [0.15, 0.2) is 60.7 Å². The predicted octanol–water partition coefficient (Wildman–Crippen LogP) is 2.26. The summed E-state index contributed by atoms with van der Waals surface area (Å²) in [7, 11) is 1.42. The summed E-state index contributed by atoms with van der Waals surface area (Å²) in [5, 5.41) is 19.9. The lowest BCUT2D eigenvalue weighted by atomic mass is 9.93. The summed E-state index contributed by atoms with van der Waals surface area (Å²) in [6.45, 7) is 5.17. The summed E-state index contributed by atoms with van der Waals surface area (Å²) in [5.41, 5.74) is 21.3. The Kier molecular flexibility index (Phi) is 17.4. The summed E-state index contributed by atoms with van der Waals surface area (Å²) in [5.74, 6) is -1.41. The monoisotopic (exact) mass is 931 g/mol. The summed E-state index contributed by atoms with van der Waals surface area (Å²) < 4.78 is 18.3. The zero-order valence-corrected chi connectivity index (χ0v) is 38.9. The molecule has 6 rings (SSSR count). The Morgan fingerprint density at radius 2 is 1.50 bits per heavy atom. The number of likely N-dealkylation sites (N-methyl/N-ethyl adjacent to an activating group) is 1. The van der Waals surface area contributed by atoms with Crippen LogP contribution in [0, 0.1) is 25.2 Å². The third-order valence-corrected chi connectivity index (χ3v) is 11.8. The number of hydrogen-bond donors (Lipinski definition) is 7. The minimum absolute atomic E-state index is 0.000106. The fraction of sp³-hybridized carbons (Fsp3) is 0.429. The van der Waals surface area contributed by atoms with Gasteiger partial charge in [0.15, 0.2) is 5.82 Å². The lowest BCUT2D eigenvalue weighted by molar-refractivity contribution is -0.141. The number of nitrogens with one attached hydrogen (secondary N) is 4. The molecule has 3 aromatic carbocycles. The van der Waals surface area contributed by atoms with Gasteiger partial charge in [0.25, 0.3) is 5.91 Å². The fourth-order valence-electron chi connectivity index (χ4n) is 8.42. The van der Waals surface area contributed by atoms with Crippen molar-refractivity contribution in [2.24, 2.45) is 17.2 Å². The van der Waals surface area contributed by atoms with Gasteiger partial charge in [0, 0.05) is 43.2 Å². The first kappa shape index (κ1) is 50.3. The number of fused-ring (bicyclic) bond motifs is 5. The maximum atomic E-state index is 14.8. The van der Waals surface area contributed by atoms with Crippen LogP contribution in [-0.4, -0.2) is 115 Å². The van der Waals surface area contributed by atoms with Crippen LogP contribution in [0.3, 0.4) is 0 Å². The van der Waals surface area contributed by atoms with Crippen molar-refractivity contribution in [1.29, 1.82) is 5.26 Å². The molecule has 0 spiro atoms. The molecule has 10 N–H and O–H groups in total. The van der Waals surface area contributed by atoms with Crippen molar-refractivity contribution in [2.75, 3.05) is 46.4 Å². The van der Waals surface area contributed by atoms with Crippen molar-refractivity contribution in [1.82, 2.24) is 36.1 Å². The van der Waals surface area contributed by atoms with E-state index in [0.29, 0.717) is 51.0 Å². The van der Waals surface area contributed by atoms with E-state index in [1.54, 1.807) is 50.2 Å². The van der Waals surface area contributed by atoms with E-state index in [-0.39, 0.29) is 63.9 Å². The molecule has 2 aliphatic rings. The Labute approximate surface area is 395 Å². The normalized spacial score (nSPS) is 17.6. The molecule has 1 aliphatic carbocycles. The largest absolute Gasteiger partial charge is 0.492 e. The minimum atomic E-state index is -1.41. The summed E-state index contributed by atoms with van der Waals surface area (Å²) >= 11 is 0. The second-order valence-corrected chi connectivity index (χ2v) is 16.8. The van der Waals surface area contributed by atoms with Gasteiger partial charge < -0.3 is 57.6 Å². The van der Waals surface area contributed by atoms with Gasteiger partial charge in [-0.15, -0.1) is 0 Å². The molecule has 4 atom stereocenters. The van der Waals surface area contributed by atoms with Gasteiger partial charge in [-0.3, -0.25) is 24.0 Å². The molecule has 19 heteroatoms. The first-order valence-electron chi connectivity index (χ1n) is 22.8. The van der Waals surface area contributed by atoms with Crippen molar-refractivity contribution in [3.8, 4) is 45.8 Å². The van der Waals surface area contributed by atoms with Gasteiger partial charge in [0.1, 0.15) is 61.2 Å². The molecule has 360 valence electrons. The molecule has 2 heterocycles. The number of benzene rings is 3. The quantitative estimate of drug-likeness (QED) is 0.0748. The molecule has 68 heavy (non-hydrogen) atoms. The zero-order valence-electron chi connectivity index (χ0n) is 38.9. The van der Waals surface area contributed by atoms with Gasteiger partial charge in [-0.25, -0.2) is 9.97 Å². The Hall–Kier alpha value is -7.14. The summed E-state index contributed by atoms with van der Waals surface area (Å²) in [6, 6.07) is 14.5. The Morgan fingerprint density at radius 1 is 0.868 bits per heavy atom. The minimum Gasteiger partial charge on any atom is -0.492 e. The molecule has 4 aromatic rings. The first-order valence-corrected chi connectivity index (χ1v) is 22.8. The molecule has 5 amide bonds. The van der Waals surface area contributed by atoms with Crippen molar-refractivity contribution < 1.29 is 38.2 Å². The standard InChI is InChI=1S/C49H61N11O8/c1-28-42(29(2)56-44(55-28)32-10-13-35(14-11-32)68-34-7-5-6-8-34)47(63)58-38(17-18-50)49(65)60(4)43-33-12-16-41(67-24-21-53)37(27-33)36-25-31(9-15-40(36)66-23-20-52)26-39(46(62)54-22-19-51)59-45(61)30(3)57-48(43)64/h9-16,25,27,30,34,38-39,43H,5-8,17-18,20-24,26,50,52-53H2,1-4H3,(H,54,62)(H,57,64)(H,58,63)(H,59,61)/t30-,38-,39-,43-/m0/s1. The highest BCUT2D eigenvalue weighted by atomic mass is 16.5. The van der Waals surface area contributed by atoms with Gasteiger partial charge >= 0.3 is 0 Å². The average molecular weight is 932 g/mol. The van der Waals surface area contributed by atoms with Crippen LogP contribution < -0.4 is 52.7 Å². The topological polar surface area (TPSA) is 292 Å². The van der Waals surface area contributed by atoms with Crippen LogP contribution in [0.4, 0.5) is 0 Å². The molecule has 1 aliphatic heterocycles. The number of nitrogens with two attached hydrogens (primary N) is 3. The van der Waals surface area contributed by atoms with Crippen molar-refractivity contribution in [2.45, 2.75) is 89.6 Å². The molecule has 1 fully saturated rings. The fourth-order valence-corrected chi connectivity index (χ4v) is 8.42. The highest BCUT2D eigenvalue weighted by Gasteiger charge is 2.36. The van der Waals surface area contributed by atoms with E-state index in [0.717, 1.165) is 37.0 Å². The van der Waals surface area contributed by atoms with Crippen LogP contribution >= 0.6 is 0 Å². The van der Waals surface area contributed by atoms with Crippen molar-refractivity contribution in [3.05, 3.63) is 88.7 Å². The molecular formula is C49H61N11O8. The zero-order chi connectivity index (χ0) is 48.9. The lowest BCUT2D eigenvalue weighted by Crippen LogP contribution is -2.56. The van der Waals surface area contributed by atoms with E-state index in [2.05, 4.69) is 31.2 Å².